The summed E-state index contributed by atoms with van der Waals surface area (Å²) in [4.78, 5) is 0. The second kappa shape index (κ2) is 8.48. The number of nitrogens with zero attached hydrogens (tertiary/aromatic N) is 3. The minimum Gasteiger partial charge on any atom is -0.484 e. The van der Waals surface area contributed by atoms with E-state index in [2.05, 4.69) is 10.2 Å². The third kappa shape index (κ3) is 4.43. The summed E-state index contributed by atoms with van der Waals surface area (Å²) in [5, 5.41) is 10.2. The molecule has 0 N–H and O–H groups in total. The van der Waals surface area contributed by atoms with Crippen molar-refractivity contribution in [1.29, 1.82) is 0 Å². The fourth-order valence-corrected chi connectivity index (χ4v) is 3.87. The summed E-state index contributed by atoms with van der Waals surface area (Å²) in [5.41, 5.74) is 0.438. The fraction of sp³-hybridized carbons (Fsp3) is 0.176. The molecule has 136 valence electrons. The van der Waals surface area contributed by atoms with Crippen LogP contribution in [-0.2, 0) is 19.4 Å². The molecule has 0 amide bonds. The van der Waals surface area contributed by atoms with E-state index < -0.39 is 0 Å². The van der Waals surface area contributed by atoms with Crippen LogP contribution in [0.15, 0.2) is 41.6 Å². The van der Waals surface area contributed by atoms with Gasteiger partial charge in [-0.05, 0) is 30.3 Å². The molecule has 0 saturated heterocycles. The van der Waals surface area contributed by atoms with Crippen molar-refractivity contribution in [1.82, 2.24) is 14.8 Å². The first-order valence-electron chi connectivity index (χ1n) is 7.47. The highest BCUT2D eigenvalue weighted by Crippen LogP contribution is 2.29. The van der Waals surface area contributed by atoms with Crippen molar-refractivity contribution in [2.45, 2.75) is 17.5 Å². The Labute approximate surface area is 169 Å². The van der Waals surface area contributed by atoms with E-state index in [1.807, 2.05) is 7.05 Å². The van der Waals surface area contributed by atoms with Gasteiger partial charge >= 0.3 is 0 Å². The van der Waals surface area contributed by atoms with Gasteiger partial charge in [-0.3, -0.25) is 0 Å². The molecule has 2 aromatic carbocycles. The number of hydrogen-bond acceptors (Lipinski definition) is 4. The van der Waals surface area contributed by atoms with E-state index in [1.54, 1.807) is 34.9 Å². The molecule has 0 bridgehead atoms. The number of aromatic nitrogens is 3. The number of rotatable bonds is 6. The lowest BCUT2D eigenvalue weighted by atomic mass is 10.2. The van der Waals surface area contributed by atoms with Crippen LogP contribution >= 0.6 is 46.6 Å². The minimum absolute atomic E-state index is 0.186. The number of ether oxygens (including phenoxy) is 1. The maximum atomic E-state index is 13.9. The van der Waals surface area contributed by atoms with Gasteiger partial charge < -0.3 is 9.30 Å². The Morgan fingerprint density at radius 1 is 1.12 bits per heavy atom. The van der Waals surface area contributed by atoms with Gasteiger partial charge in [-0.15, -0.1) is 10.2 Å². The Hall–Kier alpha value is -1.47. The molecule has 0 atom stereocenters. The molecule has 0 spiro atoms. The molecule has 0 radical (unpaired) electrons. The lowest BCUT2D eigenvalue weighted by Crippen LogP contribution is -2.04. The number of thioether (sulfide) groups is 1. The van der Waals surface area contributed by atoms with Crippen molar-refractivity contribution in [3.63, 3.8) is 0 Å². The first-order chi connectivity index (χ1) is 12.5. The van der Waals surface area contributed by atoms with E-state index in [-0.39, 0.29) is 12.4 Å². The van der Waals surface area contributed by atoms with Crippen molar-refractivity contribution < 1.29 is 9.13 Å². The third-order valence-corrected chi connectivity index (χ3v) is 5.51. The number of halogens is 4. The summed E-state index contributed by atoms with van der Waals surface area (Å²) in [7, 11) is 1.81. The van der Waals surface area contributed by atoms with Gasteiger partial charge in [-0.1, -0.05) is 52.6 Å². The van der Waals surface area contributed by atoms with Gasteiger partial charge in [0.15, 0.2) is 11.0 Å². The van der Waals surface area contributed by atoms with Crippen LogP contribution in [0.5, 0.6) is 5.75 Å². The van der Waals surface area contributed by atoms with E-state index in [1.165, 1.54) is 17.8 Å². The fourth-order valence-electron chi connectivity index (χ4n) is 2.14. The Morgan fingerprint density at radius 3 is 2.65 bits per heavy atom. The summed E-state index contributed by atoms with van der Waals surface area (Å²) in [6, 6.07) is 9.61. The molecule has 1 heterocycles. The minimum atomic E-state index is -0.340. The predicted molar refractivity (Wildman–Crippen MR) is 103 cm³/mol. The highest BCUT2D eigenvalue weighted by atomic mass is 35.5. The molecule has 0 aliphatic heterocycles. The Morgan fingerprint density at radius 2 is 1.92 bits per heavy atom. The molecule has 3 aromatic rings. The molecule has 0 aliphatic rings. The molecule has 3 rings (SSSR count). The highest BCUT2D eigenvalue weighted by Gasteiger charge is 2.13. The maximum Gasteiger partial charge on any atom is 0.191 e. The van der Waals surface area contributed by atoms with Crippen molar-refractivity contribution in [2.24, 2.45) is 7.05 Å². The Balaban J connectivity index is 1.66. The van der Waals surface area contributed by atoms with E-state index in [0.717, 1.165) is 0 Å². The molecule has 0 fully saturated rings. The van der Waals surface area contributed by atoms with Crippen LogP contribution in [0, 0.1) is 5.82 Å². The summed E-state index contributed by atoms with van der Waals surface area (Å²) in [6.07, 6.45) is 0. The molecule has 0 aliphatic carbocycles. The van der Waals surface area contributed by atoms with E-state index in [9.17, 15) is 4.39 Å². The van der Waals surface area contributed by atoms with E-state index in [4.69, 9.17) is 39.5 Å². The Kier molecular flexibility index (Phi) is 6.29. The van der Waals surface area contributed by atoms with Crippen LogP contribution in [0.4, 0.5) is 4.39 Å². The van der Waals surface area contributed by atoms with Gasteiger partial charge in [-0.2, -0.15) is 0 Å². The highest BCUT2D eigenvalue weighted by molar-refractivity contribution is 7.98. The van der Waals surface area contributed by atoms with E-state index >= 15 is 0 Å². The summed E-state index contributed by atoms with van der Waals surface area (Å²) in [5.74, 6) is 1.12. The molecule has 0 saturated carbocycles. The second-order valence-corrected chi connectivity index (χ2v) is 7.50. The van der Waals surface area contributed by atoms with Crippen LogP contribution in [0.2, 0.25) is 15.1 Å². The van der Waals surface area contributed by atoms with Crippen LogP contribution in [0.1, 0.15) is 11.4 Å². The lowest BCUT2D eigenvalue weighted by Gasteiger charge is -2.08. The first-order valence-corrected chi connectivity index (χ1v) is 9.59. The summed E-state index contributed by atoms with van der Waals surface area (Å²) in [6.45, 7) is 0.186. The van der Waals surface area contributed by atoms with Crippen LogP contribution in [0.25, 0.3) is 0 Å². The second-order valence-electron chi connectivity index (χ2n) is 5.31. The smallest absolute Gasteiger partial charge is 0.191 e. The normalized spacial score (nSPS) is 11.0. The quantitative estimate of drug-likeness (QED) is 0.463. The zero-order valence-electron chi connectivity index (χ0n) is 13.5. The van der Waals surface area contributed by atoms with Crippen molar-refractivity contribution in [3.05, 3.63) is 68.7 Å². The molecule has 9 heteroatoms. The molecule has 0 unspecified atom stereocenters. The van der Waals surface area contributed by atoms with Gasteiger partial charge in [0.25, 0.3) is 0 Å². The average Bonchev–Trinajstić information content (AvgIpc) is 2.94. The van der Waals surface area contributed by atoms with E-state index in [0.29, 0.717) is 43.1 Å². The summed E-state index contributed by atoms with van der Waals surface area (Å²) >= 11 is 19.3. The average molecular weight is 433 g/mol. The number of hydrogen-bond donors (Lipinski definition) is 0. The standard InChI is InChI=1S/C17H13Cl3FN3OS/c1-24-16(8-25-15-6-5-10(18)7-13(15)20)22-23-17(24)26-9-11-12(19)3-2-4-14(11)21/h2-7H,8-9H2,1H3. The van der Waals surface area contributed by atoms with Crippen LogP contribution in [-0.4, -0.2) is 14.8 Å². The summed E-state index contributed by atoms with van der Waals surface area (Å²) < 4.78 is 21.3. The van der Waals surface area contributed by atoms with Crippen molar-refractivity contribution >= 4 is 46.6 Å². The largest absolute Gasteiger partial charge is 0.484 e. The molecular weight excluding hydrogens is 420 g/mol. The molecule has 1 aromatic heterocycles. The SMILES string of the molecule is Cn1c(COc2ccc(Cl)cc2Cl)nnc1SCc1c(F)cccc1Cl. The van der Waals surface area contributed by atoms with Crippen molar-refractivity contribution in [2.75, 3.05) is 0 Å². The number of benzene rings is 2. The van der Waals surface area contributed by atoms with Gasteiger partial charge in [0.1, 0.15) is 18.2 Å². The zero-order chi connectivity index (χ0) is 18.7. The van der Waals surface area contributed by atoms with Gasteiger partial charge in [0, 0.05) is 28.4 Å². The maximum absolute atomic E-state index is 13.9. The first kappa shape index (κ1) is 19.3. The molecule has 4 nitrogen and oxygen atoms in total. The van der Waals surface area contributed by atoms with Gasteiger partial charge in [0.2, 0.25) is 0 Å². The third-order valence-electron chi connectivity index (χ3n) is 3.58. The lowest BCUT2D eigenvalue weighted by molar-refractivity contribution is 0.290. The van der Waals surface area contributed by atoms with Gasteiger partial charge in [-0.25, -0.2) is 4.39 Å². The predicted octanol–water partition coefficient (Wildman–Crippen LogP) is 5.79. The van der Waals surface area contributed by atoms with Crippen molar-refractivity contribution in [3.8, 4) is 5.75 Å². The Bertz CT molecular complexity index is 915. The molecule has 26 heavy (non-hydrogen) atoms. The monoisotopic (exact) mass is 431 g/mol. The van der Waals surface area contributed by atoms with Crippen LogP contribution < -0.4 is 4.74 Å². The molecular formula is C17H13Cl3FN3OS. The van der Waals surface area contributed by atoms with Gasteiger partial charge in [0.05, 0.1) is 5.02 Å². The topological polar surface area (TPSA) is 39.9 Å². The zero-order valence-corrected chi connectivity index (χ0v) is 16.6. The van der Waals surface area contributed by atoms with Crippen LogP contribution in [0.3, 0.4) is 0 Å².